The number of nitrogens with one attached hydrogen (secondary N) is 2. The van der Waals surface area contributed by atoms with Crippen molar-refractivity contribution in [1.29, 1.82) is 5.26 Å². The van der Waals surface area contributed by atoms with E-state index in [1.807, 2.05) is 54.4 Å². The molecule has 2 aromatic carbocycles. The first-order chi connectivity index (χ1) is 16.9. The fraction of sp³-hybridized carbons (Fsp3) is 0.296. The quantitative estimate of drug-likeness (QED) is 0.501. The highest BCUT2D eigenvalue weighted by Crippen LogP contribution is 2.35. The number of nitrogens with zero attached hydrogens (tertiary/aromatic N) is 3. The molecule has 1 aliphatic heterocycles. The third-order valence-electron chi connectivity index (χ3n) is 6.18. The maximum Gasteiger partial charge on any atom is 0.270 e. The Balaban J connectivity index is 1.63. The number of halogens is 1. The number of anilines is 1. The van der Waals surface area contributed by atoms with Gasteiger partial charge in [0.05, 0.1) is 30.6 Å². The molecular weight excluding hydrogens is 445 g/mol. The lowest BCUT2D eigenvalue weighted by atomic mass is 10.0. The number of carbonyl (C=O) groups is 1. The van der Waals surface area contributed by atoms with E-state index in [0.717, 1.165) is 28.6 Å². The van der Waals surface area contributed by atoms with Gasteiger partial charge in [-0.1, -0.05) is 30.8 Å². The van der Waals surface area contributed by atoms with E-state index in [0.29, 0.717) is 30.0 Å². The van der Waals surface area contributed by atoms with Gasteiger partial charge in [0.2, 0.25) is 0 Å². The molecule has 35 heavy (non-hydrogen) atoms. The van der Waals surface area contributed by atoms with E-state index >= 15 is 0 Å². The van der Waals surface area contributed by atoms with Gasteiger partial charge in [0.1, 0.15) is 17.6 Å². The van der Waals surface area contributed by atoms with Gasteiger partial charge >= 0.3 is 0 Å². The van der Waals surface area contributed by atoms with Crippen molar-refractivity contribution in [3.05, 3.63) is 66.4 Å². The molecule has 0 spiro atoms. The number of hydrogen-bond acceptors (Lipinski definition) is 6. The highest BCUT2D eigenvalue weighted by molar-refractivity contribution is 5.99. The molecule has 2 heterocycles. The molecule has 0 radical (unpaired) electrons. The van der Waals surface area contributed by atoms with Crippen LogP contribution in [0.25, 0.3) is 22.0 Å². The van der Waals surface area contributed by atoms with Gasteiger partial charge in [0.15, 0.2) is 0 Å². The van der Waals surface area contributed by atoms with Gasteiger partial charge in [-0.15, -0.1) is 0 Å². The van der Waals surface area contributed by atoms with Crippen molar-refractivity contribution in [1.82, 2.24) is 15.2 Å². The zero-order chi connectivity index (χ0) is 24.9. The Kier molecular flexibility index (Phi) is 7.28. The normalized spacial score (nSPS) is 18.0. The van der Waals surface area contributed by atoms with E-state index in [1.54, 1.807) is 19.2 Å². The predicted octanol–water partition coefficient (Wildman–Crippen LogP) is 4.17. The Labute approximate surface area is 204 Å². The van der Waals surface area contributed by atoms with Crippen molar-refractivity contribution in [2.45, 2.75) is 18.6 Å². The van der Waals surface area contributed by atoms with Gasteiger partial charge in [0.25, 0.3) is 5.91 Å². The number of nitriles is 1. The predicted molar refractivity (Wildman–Crippen MR) is 135 cm³/mol. The monoisotopic (exact) mass is 473 g/mol. The second-order valence-electron chi connectivity index (χ2n) is 8.70. The Hall–Kier alpha value is -3.96. The van der Waals surface area contributed by atoms with E-state index < -0.39 is 12.2 Å². The fourth-order valence-corrected chi connectivity index (χ4v) is 4.23. The van der Waals surface area contributed by atoms with Crippen molar-refractivity contribution >= 4 is 22.4 Å². The first-order valence-electron chi connectivity index (χ1n) is 11.4. The average Bonchev–Trinajstić information content (AvgIpc) is 2.88. The fourth-order valence-electron chi connectivity index (χ4n) is 4.23. The highest BCUT2D eigenvalue weighted by atomic mass is 19.1. The average molecular weight is 474 g/mol. The third kappa shape index (κ3) is 5.42. The van der Waals surface area contributed by atoms with Crippen molar-refractivity contribution in [3.8, 4) is 23.1 Å². The van der Waals surface area contributed by atoms with Crippen LogP contribution in [-0.4, -0.2) is 61.8 Å². The summed E-state index contributed by atoms with van der Waals surface area (Å²) in [6.07, 6.45) is -0.553. The summed E-state index contributed by atoms with van der Waals surface area (Å²) >= 11 is 0. The topological polar surface area (TPSA) is 90.3 Å². The number of rotatable bonds is 7. The summed E-state index contributed by atoms with van der Waals surface area (Å²) in [5.41, 5.74) is 2.82. The highest BCUT2D eigenvalue weighted by Gasteiger charge is 2.29. The first-order valence-corrected chi connectivity index (χ1v) is 11.4. The zero-order valence-electron chi connectivity index (χ0n) is 19.8. The zero-order valence-corrected chi connectivity index (χ0v) is 19.8. The number of fused-ring (bicyclic) bond motifs is 1. The lowest BCUT2D eigenvalue weighted by molar-refractivity contribution is 0.0817. The first kappa shape index (κ1) is 24.2. The summed E-state index contributed by atoms with van der Waals surface area (Å²) in [6.45, 7) is 5.05. The van der Waals surface area contributed by atoms with Crippen LogP contribution >= 0.6 is 0 Å². The van der Waals surface area contributed by atoms with Crippen LogP contribution in [0, 0.1) is 11.3 Å². The van der Waals surface area contributed by atoms with Crippen LogP contribution in [0.1, 0.15) is 16.9 Å². The number of benzene rings is 2. The Bertz CT molecular complexity index is 1300. The van der Waals surface area contributed by atoms with Gasteiger partial charge in [-0.25, -0.2) is 9.37 Å². The second-order valence-corrected chi connectivity index (χ2v) is 8.70. The Morgan fingerprint density at radius 3 is 2.86 bits per heavy atom. The molecule has 1 fully saturated rings. The van der Waals surface area contributed by atoms with Crippen molar-refractivity contribution in [2.75, 3.05) is 39.1 Å². The Morgan fingerprint density at radius 1 is 1.31 bits per heavy atom. The maximum absolute atomic E-state index is 14.4. The molecule has 1 aliphatic rings. The van der Waals surface area contributed by atoms with Gasteiger partial charge in [-0.2, -0.15) is 5.26 Å². The smallest absolute Gasteiger partial charge is 0.270 e. The number of amides is 1. The summed E-state index contributed by atoms with van der Waals surface area (Å²) < 4.78 is 19.9. The van der Waals surface area contributed by atoms with Gasteiger partial charge < -0.3 is 20.3 Å². The van der Waals surface area contributed by atoms with E-state index in [-0.39, 0.29) is 18.1 Å². The van der Waals surface area contributed by atoms with Crippen LogP contribution in [0.5, 0.6) is 5.75 Å². The van der Waals surface area contributed by atoms with E-state index in [1.165, 1.54) is 0 Å². The SMILES string of the molecule is C=C(C#N)CNc1c(OC)ccc2ccc(-c3cccc(C(=O)N[C@@H]4CCN(C)C[C@@H]4F)n3)cc12. The van der Waals surface area contributed by atoms with Gasteiger partial charge in [-0.3, -0.25) is 4.79 Å². The van der Waals surface area contributed by atoms with Crippen LogP contribution in [0.4, 0.5) is 10.1 Å². The third-order valence-corrected chi connectivity index (χ3v) is 6.18. The van der Waals surface area contributed by atoms with Crippen molar-refractivity contribution in [3.63, 3.8) is 0 Å². The number of hydrogen-bond donors (Lipinski definition) is 2. The Morgan fingerprint density at radius 2 is 2.11 bits per heavy atom. The lowest BCUT2D eigenvalue weighted by Gasteiger charge is -2.32. The van der Waals surface area contributed by atoms with E-state index in [9.17, 15) is 9.18 Å². The molecule has 0 unspecified atom stereocenters. The van der Waals surface area contributed by atoms with Crippen LogP contribution in [0.2, 0.25) is 0 Å². The molecule has 2 atom stereocenters. The number of alkyl halides is 1. The van der Waals surface area contributed by atoms with E-state index in [4.69, 9.17) is 10.00 Å². The molecule has 180 valence electrons. The van der Waals surface area contributed by atoms with Crippen molar-refractivity contribution < 1.29 is 13.9 Å². The van der Waals surface area contributed by atoms with Crippen LogP contribution in [0.3, 0.4) is 0 Å². The number of carbonyl (C=O) groups excluding carboxylic acids is 1. The summed E-state index contributed by atoms with van der Waals surface area (Å²) in [7, 11) is 3.46. The summed E-state index contributed by atoms with van der Waals surface area (Å²) in [6, 6.07) is 16.4. The minimum atomic E-state index is -1.11. The molecular formula is C27H28FN5O2. The summed E-state index contributed by atoms with van der Waals surface area (Å²) in [4.78, 5) is 19.3. The number of methoxy groups -OCH3 is 1. The largest absolute Gasteiger partial charge is 0.495 e. The number of likely N-dealkylation sites (tertiary alicyclic amines) is 1. The molecule has 8 heteroatoms. The summed E-state index contributed by atoms with van der Waals surface area (Å²) in [5, 5.41) is 17.0. The number of pyridine rings is 1. The van der Waals surface area contributed by atoms with Crippen LogP contribution in [-0.2, 0) is 0 Å². The second kappa shape index (κ2) is 10.5. The molecule has 2 N–H and O–H groups in total. The van der Waals surface area contributed by atoms with Crippen LogP contribution in [0.15, 0.2) is 60.7 Å². The number of aromatic nitrogens is 1. The summed E-state index contributed by atoms with van der Waals surface area (Å²) in [5.74, 6) is 0.254. The minimum absolute atomic E-state index is 0.239. The van der Waals surface area contributed by atoms with Gasteiger partial charge in [-0.05, 0) is 43.1 Å². The minimum Gasteiger partial charge on any atom is -0.495 e. The molecule has 3 aromatic rings. The molecule has 1 aromatic heterocycles. The molecule has 0 aliphatic carbocycles. The van der Waals surface area contributed by atoms with Gasteiger partial charge in [0, 0.05) is 36.2 Å². The van der Waals surface area contributed by atoms with Crippen LogP contribution < -0.4 is 15.4 Å². The molecule has 4 rings (SSSR count). The molecule has 1 saturated heterocycles. The maximum atomic E-state index is 14.4. The van der Waals surface area contributed by atoms with Crippen molar-refractivity contribution in [2.24, 2.45) is 0 Å². The molecule has 7 nitrogen and oxygen atoms in total. The molecule has 1 amide bonds. The number of piperidine rings is 1. The number of ether oxygens (including phenoxy) is 1. The molecule has 0 saturated carbocycles. The molecule has 0 bridgehead atoms. The standard InChI is InChI=1S/C27H28FN5O2/c1-17(14-29)15-30-26-20-13-19(8-7-18(20)9-10-25(26)35-3)22-5-4-6-24(31-22)27(34)32-23-11-12-33(2)16-21(23)28/h4-10,13,21,23,30H,1,11-12,15-16H2,2-3H3,(H,32,34)/t21-,23+/m0/s1. The lowest BCUT2D eigenvalue weighted by Crippen LogP contribution is -2.51. The van der Waals surface area contributed by atoms with E-state index in [2.05, 4.69) is 22.2 Å².